The molecule has 0 saturated carbocycles. The van der Waals surface area contributed by atoms with Crippen LogP contribution in [0.2, 0.25) is 0 Å². The molecular weight excluding hydrogens is 214 g/mol. The molecule has 1 aliphatic heterocycles. The first-order chi connectivity index (χ1) is 7.98. The number of aromatic amines is 1. The third kappa shape index (κ3) is 2.81. The molecule has 1 aromatic heterocycles. The molecule has 0 radical (unpaired) electrons. The van der Waals surface area contributed by atoms with Gasteiger partial charge in [-0.3, -0.25) is 4.79 Å². The second-order valence-corrected chi connectivity index (χ2v) is 5.66. The number of anilines is 1. The van der Waals surface area contributed by atoms with Gasteiger partial charge in [0.1, 0.15) is 5.69 Å². The van der Waals surface area contributed by atoms with Crippen molar-refractivity contribution in [2.75, 3.05) is 18.8 Å². The lowest BCUT2D eigenvalue weighted by molar-refractivity contribution is 0.0752. The summed E-state index contributed by atoms with van der Waals surface area (Å²) in [6.45, 7) is 6.23. The number of nitrogen functional groups attached to an aromatic ring is 1. The Morgan fingerprint density at radius 1 is 1.41 bits per heavy atom. The maximum atomic E-state index is 12.2. The lowest BCUT2D eigenvalue weighted by Gasteiger charge is -2.23. The van der Waals surface area contributed by atoms with Gasteiger partial charge < -0.3 is 15.6 Å². The third-order valence-electron chi connectivity index (χ3n) is 3.56. The highest BCUT2D eigenvalue weighted by Crippen LogP contribution is 2.30. The van der Waals surface area contributed by atoms with E-state index < -0.39 is 0 Å². The van der Waals surface area contributed by atoms with Crippen LogP contribution in [0.1, 0.15) is 43.6 Å². The number of hydrogen-bond acceptors (Lipinski definition) is 2. The molecule has 0 bridgehead atoms. The number of aromatic nitrogens is 1. The monoisotopic (exact) mass is 235 g/mol. The van der Waals surface area contributed by atoms with Crippen molar-refractivity contribution < 1.29 is 4.79 Å². The summed E-state index contributed by atoms with van der Waals surface area (Å²) in [4.78, 5) is 17.1. The largest absolute Gasteiger partial charge is 0.397 e. The molecule has 2 rings (SSSR count). The Balaban J connectivity index is 2.05. The Labute approximate surface area is 102 Å². The average molecular weight is 235 g/mol. The molecule has 1 aromatic rings. The quantitative estimate of drug-likeness (QED) is 0.784. The molecule has 0 spiro atoms. The molecule has 1 amide bonds. The van der Waals surface area contributed by atoms with E-state index in [0.717, 1.165) is 25.9 Å². The van der Waals surface area contributed by atoms with Gasteiger partial charge in [0.15, 0.2) is 0 Å². The molecule has 94 valence electrons. The van der Waals surface area contributed by atoms with E-state index in [1.807, 2.05) is 4.90 Å². The van der Waals surface area contributed by atoms with E-state index in [0.29, 0.717) is 16.8 Å². The molecule has 3 N–H and O–H groups in total. The Kier molecular flexibility index (Phi) is 3.13. The predicted molar refractivity (Wildman–Crippen MR) is 68.7 cm³/mol. The van der Waals surface area contributed by atoms with Crippen molar-refractivity contribution in [3.63, 3.8) is 0 Å². The number of nitrogens with two attached hydrogens (primary N) is 1. The van der Waals surface area contributed by atoms with Crippen LogP contribution in [0.5, 0.6) is 0 Å². The summed E-state index contributed by atoms with van der Waals surface area (Å²) < 4.78 is 0. The van der Waals surface area contributed by atoms with Crippen molar-refractivity contribution in [2.45, 2.75) is 33.1 Å². The second kappa shape index (κ2) is 4.43. The van der Waals surface area contributed by atoms with E-state index in [-0.39, 0.29) is 5.91 Å². The zero-order valence-corrected chi connectivity index (χ0v) is 10.6. The van der Waals surface area contributed by atoms with Crippen LogP contribution in [-0.4, -0.2) is 28.9 Å². The van der Waals surface area contributed by atoms with Gasteiger partial charge in [0.2, 0.25) is 0 Å². The lowest BCUT2D eigenvalue weighted by Crippen LogP contribution is -2.32. The average Bonchev–Trinajstić information content (AvgIpc) is 2.60. The molecule has 0 atom stereocenters. The molecule has 0 aliphatic carbocycles. The minimum absolute atomic E-state index is 0.0689. The topological polar surface area (TPSA) is 62.1 Å². The van der Waals surface area contributed by atoms with Crippen LogP contribution < -0.4 is 5.73 Å². The van der Waals surface area contributed by atoms with Crippen molar-refractivity contribution in [3.8, 4) is 0 Å². The molecule has 1 aliphatic rings. The van der Waals surface area contributed by atoms with Gasteiger partial charge in [0, 0.05) is 25.0 Å². The summed E-state index contributed by atoms with van der Waals surface area (Å²) >= 11 is 0. The first-order valence-corrected chi connectivity index (χ1v) is 6.21. The van der Waals surface area contributed by atoms with Crippen LogP contribution in [-0.2, 0) is 0 Å². The molecule has 1 fully saturated rings. The summed E-state index contributed by atoms with van der Waals surface area (Å²) in [7, 11) is 0. The molecule has 1 saturated heterocycles. The van der Waals surface area contributed by atoms with E-state index in [1.54, 1.807) is 12.3 Å². The number of carbonyl (C=O) groups is 1. The Morgan fingerprint density at radius 3 is 2.82 bits per heavy atom. The van der Waals surface area contributed by atoms with Gasteiger partial charge in [-0.15, -0.1) is 0 Å². The summed E-state index contributed by atoms with van der Waals surface area (Å²) in [5.41, 5.74) is 7.18. The smallest absolute Gasteiger partial charge is 0.270 e. The van der Waals surface area contributed by atoms with Crippen LogP contribution in [0.4, 0.5) is 5.69 Å². The third-order valence-corrected chi connectivity index (χ3v) is 3.56. The SMILES string of the molecule is CC1(C)CCCN(C(=O)c2cc(N)c[nH]2)CC1. The predicted octanol–water partition coefficient (Wildman–Crippen LogP) is 2.25. The minimum atomic E-state index is 0.0689. The van der Waals surface area contributed by atoms with Crippen LogP contribution in [0, 0.1) is 5.41 Å². The van der Waals surface area contributed by atoms with Crippen molar-refractivity contribution in [1.82, 2.24) is 9.88 Å². The van der Waals surface area contributed by atoms with Crippen molar-refractivity contribution in [1.29, 1.82) is 0 Å². The van der Waals surface area contributed by atoms with Gasteiger partial charge in [-0.25, -0.2) is 0 Å². The Bertz CT molecular complexity index is 409. The number of nitrogens with one attached hydrogen (secondary N) is 1. The molecule has 2 heterocycles. The highest BCUT2D eigenvalue weighted by atomic mass is 16.2. The van der Waals surface area contributed by atoms with Crippen molar-refractivity contribution >= 4 is 11.6 Å². The van der Waals surface area contributed by atoms with Crippen molar-refractivity contribution in [2.24, 2.45) is 5.41 Å². The summed E-state index contributed by atoms with van der Waals surface area (Å²) in [6, 6.07) is 1.71. The van der Waals surface area contributed by atoms with Gasteiger partial charge in [0.25, 0.3) is 5.91 Å². The van der Waals surface area contributed by atoms with E-state index >= 15 is 0 Å². The molecule has 4 heteroatoms. The highest BCUT2D eigenvalue weighted by Gasteiger charge is 2.26. The maximum Gasteiger partial charge on any atom is 0.270 e. The Hall–Kier alpha value is -1.45. The zero-order valence-electron chi connectivity index (χ0n) is 10.6. The van der Waals surface area contributed by atoms with Gasteiger partial charge >= 0.3 is 0 Å². The fraction of sp³-hybridized carbons (Fsp3) is 0.615. The number of likely N-dealkylation sites (tertiary alicyclic amines) is 1. The molecule has 4 nitrogen and oxygen atoms in total. The van der Waals surface area contributed by atoms with Crippen LogP contribution in [0.25, 0.3) is 0 Å². The molecule has 0 unspecified atom stereocenters. The van der Waals surface area contributed by atoms with E-state index in [1.165, 1.54) is 6.42 Å². The maximum absolute atomic E-state index is 12.2. The molecule has 17 heavy (non-hydrogen) atoms. The number of nitrogens with zero attached hydrogens (tertiary/aromatic N) is 1. The highest BCUT2D eigenvalue weighted by molar-refractivity contribution is 5.93. The van der Waals surface area contributed by atoms with Gasteiger partial charge in [-0.05, 0) is 30.7 Å². The minimum Gasteiger partial charge on any atom is -0.397 e. The van der Waals surface area contributed by atoms with E-state index in [4.69, 9.17) is 5.73 Å². The normalized spacial score (nSPS) is 20.0. The number of rotatable bonds is 1. The van der Waals surface area contributed by atoms with Gasteiger partial charge in [-0.2, -0.15) is 0 Å². The zero-order chi connectivity index (χ0) is 12.5. The second-order valence-electron chi connectivity index (χ2n) is 5.66. The fourth-order valence-electron chi connectivity index (χ4n) is 2.33. The van der Waals surface area contributed by atoms with E-state index in [2.05, 4.69) is 18.8 Å². The lowest BCUT2D eigenvalue weighted by atomic mass is 9.85. The number of H-pyrrole nitrogens is 1. The standard InChI is InChI=1S/C13H21N3O/c1-13(2)4-3-6-16(7-5-13)12(17)11-8-10(14)9-15-11/h8-9,15H,3-7,14H2,1-2H3. The summed E-state index contributed by atoms with van der Waals surface area (Å²) in [6.07, 6.45) is 4.99. The van der Waals surface area contributed by atoms with E-state index in [9.17, 15) is 4.79 Å². The van der Waals surface area contributed by atoms with Crippen LogP contribution >= 0.6 is 0 Å². The van der Waals surface area contributed by atoms with Crippen LogP contribution in [0.3, 0.4) is 0 Å². The first-order valence-electron chi connectivity index (χ1n) is 6.21. The van der Waals surface area contributed by atoms with Crippen molar-refractivity contribution in [3.05, 3.63) is 18.0 Å². The number of carbonyl (C=O) groups excluding carboxylic acids is 1. The fourth-order valence-corrected chi connectivity index (χ4v) is 2.33. The number of hydrogen-bond donors (Lipinski definition) is 2. The summed E-state index contributed by atoms with van der Waals surface area (Å²) in [5, 5.41) is 0. The van der Waals surface area contributed by atoms with Gasteiger partial charge in [0.05, 0.1) is 0 Å². The van der Waals surface area contributed by atoms with Gasteiger partial charge in [-0.1, -0.05) is 13.8 Å². The Morgan fingerprint density at radius 2 is 2.18 bits per heavy atom. The molecule has 0 aromatic carbocycles. The first kappa shape index (κ1) is 12.0. The molecular formula is C13H21N3O. The van der Waals surface area contributed by atoms with Crippen LogP contribution in [0.15, 0.2) is 12.3 Å². The number of amides is 1. The summed E-state index contributed by atoms with van der Waals surface area (Å²) in [5.74, 6) is 0.0689.